The van der Waals surface area contributed by atoms with Crippen molar-refractivity contribution < 1.29 is 14.1 Å². The maximum absolute atomic E-state index is 12.9. The first-order chi connectivity index (χ1) is 13.0. The number of aromatic nitrogens is 1. The number of carbonyl (C=O) groups is 1. The van der Waals surface area contributed by atoms with E-state index in [0.717, 1.165) is 11.1 Å². The molecule has 5 nitrogen and oxygen atoms in total. The summed E-state index contributed by atoms with van der Waals surface area (Å²) in [7, 11) is 0. The third kappa shape index (κ3) is 3.13. The fraction of sp³-hybridized carbons (Fsp3) is 0.238. The highest BCUT2D eigenvalue weighted by Gasteiger charge is 2.43. The Morgan fingerprint density at radius 2 is 1.85 bits per heavy atom. The van der Waals surface area contributed by atoms with Gasteiger partial charge in [0.15, 0.2) is 5.76 Å². The fourth-order valence-corrected chi connectivity index (χ4v) is 3.52. The summed E-state index contributed by atoms with van der Waals surface area (Å²) in [6, 6.07) is 17.2. The molecular formula is C21H19ClN2O3. The molecule has 4 rings (SSSR count). The lowest BCUT2D eigenvalue weighted by Gasteiger charge is -2.27. The topological polar surface area (TPSA) is 55.6 Å². The van der Waals surface area contributed by atoms with E-state index in [1.54, 1.807) is 4.90 Å². The third-order valence-corrected chi connectivity index (χ3v) is 5.17. The van der Waals surface area contributed by atoms with Gasteiger partial charge in [0.1, 0.15) is 23.6 Å². The second kappa shape index (κ2) is 6.83. The molecule has 0 aliphatic carbocycles. The van der Waals surface area contributed by atoms with Crippen molar-refractivity contribution in [2.24, 2.45) is 0 Å². The number of ether oxygens (including phenoxy) is 1. The Morgan fingerprint density at radius 3 is 2.56 bits per heavy atom. The van der Waals surface area contributed by atoms with Crippen molar-refractivity contribution in [2.45, 2.75) is 26.0 Å². The quantitative estimate of drug-likeness (QED) is 0.671. The van der Waals surface area contributed by atoms with Crippen molar-refractivity contribution in [3.8, 4) is 0 Å². The minimum Gasteiger partial charge on any atom is -0.359 e. The second-order valence-corrected chi connectivity index (χ2v) is 7.17. The summed E-state index contributed by atoms with van der Waals surface area (Å²) in [4.78, 5) is 14.6. The van der Waals surface area contributed by atoms with Gasteiger partial charge in [0.25, 0.3) is 5.91 Å². The van der Waals surface area contributed by atoms with Crippen molar-refractivity contribution in [1.82, 2.24) is 5.16 Å². The highest BCUT2D eigenvalue weighted by atomic mass is 35.5. The molecule has 1 unspecified atom stereocenters. The number of anilines is 1. The van der Waals surface area contributed by atoms with Gasteiger partial charge in [-0.15, -0.1) is 0 Å². The number of nitrogens with zero attached hydrogens (tertiary/aromatic N) is 2. The average Bonchev–Trinajstić information content (AvgIpc) is 3.03. The van der Waals surface area contributed by atoms with Crippen molar-refractivity contribution in [3.05, 3.63) is 82.2 Å². The van der Waals surface area contributed by atoms with E-state index in [2.05, 4.69) is 5.16 Å². The van der Waals surface area contributed by atoms with E-state index in [0.29, 0.717) is 28.7 Å². The van der Waals surface area contributed by atoms with E-state index in [4.69, 9.17) is 20.9 Å². The highest BCUT2D eigenvalue weighted by Crippen LogP contribution is 2.42. The van der Waals surface area contributed by atoms with Crippen LogP contribution in [-0.4, -0.2) is 17.7 Å². The van der Waals surface area contributed by atoms with Gasteiger partial charge in [-0.2, -0.15) is 0 Å². The van der Waals surface area contributed by atoms with Crippen LogP contribution in [0.4, 0.5) is 5.69 Å². The number of fused-ring (bicyclic) bond motifs is 1. The smallest absolute Gasteiger partial charge is 0.253 e. The highest BCUT2D eigenvalue weighted by molar-refractivity contribution is 6.30. The molecule has 6 heteroatoms. The van der Waals surface area contributed by atoms with Crippen LogP contribution in [0, 0.1) is 6.92 Å². The van der Waals surface area contributed by atoms with Crippen molar-refractivity contribution >= 4 is 23.2 Å². The van der Waals surface area contributed by atoms with Crippen LogP contribution in [-0.2, 0) is 21.7 Å². The van der Waals surface area contributed by atoms with E-state index in [1.165, 1.54) is 0 Å². The molecule has 2 heterocycles. The summed E-state index contributed by atoms with van der Waals surface area (Å²) in [6.07, 6.45) is 0. The molecule has 1 aliphatic heterocycles. The van der Waals surface area contributed by atoms with E-state index < -0.39 is 5.60 Å². The van der Waals surface area contributed by atoms with Gasteiger partial charge in [-0.3, -0.25) is 4.79 Å². The summed E-state index contributed by atoms with van der Waals surface area (Å²) >= 11 is 5.98. The Hall–Kier alpha value is -2.63. The molecule has 1 aliphatic rings. The molecule has 0 saturated carbocycles. The largest absolute Gasteiger partial charge is 0.359 e. The SMILES string of the molecule is Cc1onc2c1N(Cc1ccc(Cl)cc1)C(=O)COC2(C)c1ccccc1. The van der Waals surface area contributed by atoms with Gasteiger partial charge in [-0.05, 0) is 37.1 Å². The Kier molecular flexibility index (Phi) is 4.50. The molecule has 0 radical (unpaired) electrons. The number of hydrogen-bond acceptors (Lipinski definition) is 4. The van der Waals surface area contributed by atoms with E-state index in [9.17, 15) is 4.79 Å². The molecule has 138 valence electrons. The maximum atomic E-state index is 12.9. The number of halogens is 1. The van der Waals surface area contributed by atoms with Crippen molar-refractivity contribution in [2.75, 3.05) is 11.5 Å². The molecule has 0 fully saturated rings. The Balaban J connectivity index is 1.81. The monoisotopic (exact) mass is 382 g/mol. The van der Waals surface area contributed by atoms with Gasteiger partial charge >= 0.3 is 0 Å². The molecule has 0 bridgehead atoms. The molecular weight excluding hydrogens is 364 g/mol. The van der Waals surface area contributed by atoms with Gasteiger partial charge in [-0.1, -0.05) is 59.2 Å². The molecule has 1 atom stereocenters. The predicted octanol–water partition coefficient (Wildman–Crippen LogP) is 4.46. The molecule has 0 spiro atoms. The summed E-state index contributed by atoms with van der Waals surface area (Å²) in [6.45, 7) is 4.07. The number of carbonyl (C=O) groups excluding carboxylic acids is 1. The zero-order valence-corrected chi connectivity index (χ0v) is 15.9. The maximum Gasteiger partial charge on any atom is 0.253 e. The molecule has 3 aromatic rings. The van der Waals surface area contributed by atoms with Crippen LogP contribution in [0.15, 0.2) is 59.1 Å². The normalized spacial score (nSPS) is 19.7. The lowest BCUT2D eigenvalue weighted by molar-refractivity contribution is -0.127. The van der Waals surface area contributed by atoms with Gasteiger partial charge in [0.2, 0.25) is 0 Å². The van der Waals surface area contributed by atoms with Crippen LogP contribution in [0.1, 0.15) is 29.5 Å². The third-order valence-electron chi connectivity index (χ3n) is 4.92. The first kappa shape index (κ1) is 17.8. The summed E-state index contributed by atoms with van der Waals surface area (Å²) in [5.74, 6) is 0.442. The van der Waals surface area contributed by atoms with Crippen LogP contribution in [0.5, 0.6) is 0 Å². The van der Waals surface area contributed by atoms with Crippen LogP contribution in [0.2, 0.25) is 5.02 Å². The first-order valence-corrected chi connectivity index (χ1v) is 9.08. The van der Waals surface area contributed by atoms with Crippen molar-refractivity contribution in [1.29, 1.82) is 0 Å². The molecule has 27 heavy (non-hydrogen) atoms. The average molecular weight is 383 g/mol. The number of hydrogen-bond donors (Lipinski definition) is 0. The Bertz CT molecular complexity index is 969. The van der Waals surface area contributed by atoms with Gasteiger partial charge in [0.05, 0.1) is 6.54 Å². The van der Waals surface area contributed by atoms with Gasteiger partial charge in [-0.25, -0.2) is 0 Å². The molecule has 2 aromatic carbocycles. The summed E-state index contributed by atoms with van der Waals surface area (Å²) < 4.78 is 11.6. The molecule has 1 aromatic heterocycles. The van der Waals surface area contributed by atoms with E-state index in [-0.39, 0.29) is 12.5 Å². The fourth-order valence-electron chi connectivity index (χ4n) is 3.39. The Morgan fingerprint density at radius 1 is 1.15 bits per heavy atom. The number of rotatable bonds is 3. The van der Waals surface area contributed by atoms with Gasteiger partial charge in [0, 0.05) is 5.02 Å². The van der Waals surface area contributed by atoms with Gasteiger partial charge < -0.3 is 14.2 Å². The van der Waals surface area contributed by atoms with Crippen LogP contribution < -0.4 is 4.90 Å². The zero-order valence-electron chi connectivity index (χ0n) is 15.1. The first-order valence-electron chi connectivity index (χ1n) is 8.70. The van der Waals surface area contributed by atoms with E-state index >= 15 is 0 Å². The van der Waals surface area contributed by atoms with Crippen LogP contribution in [0.25, 0.3) is 0 Å². The number of benzene rings is 2. The standard InChI is InChI=1S/C21H19ClN2O3/c1-14-19-20(23-27-14)21(2,16-6-4-3-5-7-16)26-13-18(25)24(19)12-15-8-10-17(22)11-9-15/h3-11H,12-13H2,1-2H3. The minimum atomic E-state index is -0.876. The molecule has 1 amide bonds. The van der Waals surface area contributed by atoms with Crippen LogP contribution >= 0.6 is 11.6 Å². The number of amides is 1. The minimum absolute atomic E-state index is 0.0468. The summed E-state index contributed by atoms with van der Waals surface area (Å²) in [5, 5.41) is 4.93. The molecule has 0 N–H and O–H groups in total. The van der Waals surface area contributed by atoms with E-state index in [1.807, 2.05) is 68.4 Å². The Labute approximate surface area is 162 Å². The van der Waals surface area contributed by atoms with Crippen molar-refractivity contribution in [3.63, 3.8) is 0 Å². The van der Waals surface area contributed by atoms with Crippen LogP contribution in [0.3, 0.4) is 0 Å². The predicted molar refractivity (Wildman–Crippen MR) is 103 cm³/mol. The lowest BCUT2D eigenvalue weighted by Crippen LogP contribution is -2.33. The second-order valence-electron chi connectivity index (χ2n) is 6.73. The lowest BCUT2D eigenvalue weighted by atomic mass is 9.91. The number of aryl methyl sites for hydroxylation is 1. The molecule has 0 saturated heterocycles. The summed E-state index contributed by atoms with van der Waals surface area (Å²) in [5.41, 5.74) is 2.27. The zero-order chi connectivity index (χ0) is 19.0.